The first kappa shape index (κ1) is 15.1. The third-order valence-electron chi connectivity index (χ3n) is 5.33. The fraction of sp³-hybridized carbons (Fsp3) is 0.684. The molecule has 0 amide bonds. The van der Waals surface area contributed by atoms with Gasteiger partial charge in [-0.2, -0.15) is 0 Å². The number of ether oxygens (including phenoxy) is 1. The summed E-state index contributed by atoms with van der Waals surface area (Å²) in [5.41, 5.74) is 2.95. The van der Waals surface area contributed by atoms with Crippen LogP contribution in [0.3, 0.4) is 0 Å². The number of fused-ring (bicyclic) bond motifs is 1. The monoisotopic (exact) mass is 287 g/mol. The first-order chi connectivity index (χ1) is 10.3. The lowest BCUT2D eigenvalue weighted by Crippen LogP contribution is -2.39. The largest absolute Gasteiger partial charge is 0.376 e. The standard InChI is InChI=1S/C19H29NO/c1-3-20-19-17-10-5-4-9-16(17)14(2)13-18(19)21-12-11-15-7-6-8-15/h4-5,9-10,14-15,18-20H,3,6-8,11-13H2,1-2H3. The predicted molar refractivity (Wildman–Crippen MR) is 87.6 cm³/mol. The molecule has 0 aliphatic heterocycles. The van der Waals surface area contributed by atoms with E-state index < -0.39 is 0 Å². The lowest BCUT2D eigenvalue weighted by molar-refractivity contribution is 0.000659. The lowest BCUT2D eigenvalue weighted by atomic mass is 9.79. The fourth-order valence-corrected chi connectivity index (χ4v) is 3.85. The van der Waals surface area contributed by atoms with Crippen LogP contribution in [-0.4, -0.2) is 19.3 Å². The summed E-state index contributed by atoms with van der Waals surface area (Å²) >= 11 is 0. The minimum Gasteiger partial charge on any atom is -0.376 e. The van der Waals surface area contributed by atoms with Crippen LogP contribution >= 0.6 is 0 Å². The molecule has 0 saturated heterocycles. The van der Waals surface area contributed by atoms with Gasteiger partial charge in [-0.25, -0.2) is 0 Å². The van der Waals surface area contributed by atoms with Crippen LogP contribution in [0.15, 0.2) is 24.3 Å². The molecule has 1 aromatic carbocycles. The highest BCUT2D eigenvalue weighted by Crippen LogP contribution is 2.39. The maximum Gasteiger partial charge on any atom is 0.0775 e. The van der Waals surface area contributed by atoms with E-state index in [1.807, 2.05) is 0 Å². The average Bonchev–Trinajstić information content (AvgIpc) is 2.45. The van der Waals surface area contributed by atoms with Crippen LogP contribution in [0.4, 0.5) is 0 Å². The van der Waals surface area contributed by atoms with Gasteiger partial charge in [0.2, 0.25) is 0 Å². The minimum absolute atomic E-state index is 0.329. The summed E-state index contributed by atoms with van der Waals surface area (Å²) in [5.74, 6) is 1.54. The van der Waals surface area contributed by atoms with Crippen LogP contribution in [0.1, 0.15) is 69.0 Å². The molecule has 1 fully saturated rings. The van der Waals surface area contributed by atoms with Gasteiger partial charge in [0.1, 0.15) is 0 Å². The molecule has 2 nitrogen and oxygen atoms in total. The highest BCUT2D eigenvalue weighted by atomic mass is 16.5. The van der Waals surface area contributed by atoms with Crippen LogP contribution in [0, 0.1) is 5.92 Å². The van der Waals surface area contributed by atoms with Crippen LogP contribution in [0.2, 0.25) is 0 Å². The Morgan fingerprint density at radius 1 is 1.19 bits per heavy atom. The maximum atomic E-state index is 6.32. The van der Waals surface area contributed by atoms with E-state index in [0.29, 0.717) is 18.1 Å². The van der Waals surface area contributed by atoms with E-state index in [-0.39, 0.29) is 0 Å². The molecule has 2 heteroatoms. The first-order valence-electron chi connectivity index (χ1n) is 8.73. The van der Waals surface area contributed by atoms with E-state index in [2.05, 4.69) is 43.4 Å². The van der Waals surface area contributed by atoms with Gasteiger partial charge in [-0.3, -0.25) is 0 Å². The quantitative estimate of drug-likeness (QED) is 0.836. The van der Waals surface area contributed by atoms with E-state index >= 15 is 0 Å². The molecule has 116 valence electrons. The van der Waals surface area contributed by atoms with Gasteiger partial charge in [0.25, 0.3) is 0 Å². The molecule has 0 heterocycles. The second-order valence-electron chi connectivity index (χ2n) is 6.80. The smallest absolute Gasteiger partial charge is 0.0775 e. The Morgan fingerprint density at radius 3 is 2.62 bits per heavy atom. The molecular formula is C19H29NO. The van der Waals surface area contributed by atoms with E-state index in [0.717, 1.165) is 25.5 Å². The van der Waals surface area contributed by atoms with Crippen LogP contribution in [0.25, 0.3) is 0 Å². The van der Waals surface area contributed by atoms with Crippen molar-refractivity contribution in [3.8, 4) is 0 Å². The Bertz CT molecular complexity index is 455. The van der Waals surface area contributed by atoms with Crippen LogP contribution in [-0.2, 0) is 4.74 Å². The first-order valence-corrected chi connectivity index (χ1v) is 8.73. The van der Waals surface area contributed by atoms with E-state index in [1.54, 1.807) is 0 Å². The van der Waals surface area contributed by atoms with Gasteiger partial charge in [-0.15, -0.1) is 0 Å². The number of rotatable bonds is 6. The Kier molecular flexibility index (Phi) is 4.97. The van der Waals surface area contributed by atoms with Gasteiger partial charge >= 0.3 is 0 Å². The Morgan fingerprint density at radius 2 is 1.95 bits per heavy atom. The van der Waals surface area contributed by atoms with Crippen molar-refractivity contribution in [2.24, 2.45) is 5.92 Å². The second kappa shape index (κ2) is 6.93. The van der Waals surface area contributed by atoms with Crippen LogP contribution in [0.5, 0.6) is 0 Å². The van der Waals surface area contributed by atoms with Crippen molar-refractivity contribution < 1.29 is 4.74 Å². The van der Waals surface area contributed by atoms with Gasteiger partial charge in [-0.05, 0) is 42.3 Å². The lowest BCUT2D eigenvalue weighted by Gasteiger charge is -2.37. The van der Waals surface area contributed by atoms with E-state index in [1.165, 1.54) is 36.8 Å². The number of hydrogen-bond donors (Lipinski definition) is 1. The molecular weight excluding hydrogens is 258 g/mol. The molecule has 0 spiro atoms. The average molecular weight is 287 g/mol. The van der Waals surface area contributed by atoms with E-state index in [9.17, 15) is 0 Å². The predicted octanol–water partition coefficient (Wildman–Crippen LogP) is 4.42. The van der Waals surface area contributed by atoms with E-state index in [4.69, 9.17) is 4.74 Å². The molecule has 0 aromatic heterocycles. The van der Waals surface area contributed by atoms with Gasteiger partial charge in [0.05, 0.1) is 12.1 Å². The van der Waals surface area contributed by atoms with Crippen molar-refractivity contribution in [1.82, 2.24) is 5.32 Å². The molecule has 21 heavy (non-hydrogen) atoms. The zero-order valence-electron chi connectivity index (χ0n) is 13.5. The zero-order chi connectivity index (χ0) is 14.7. The summed E-state index contributed by atoms with van der Waals surface area (Å²) in [6.07, 6.45) is 6.99. The van der Waals surface area contributed by atoms with Crippen LogP contribution < -0.4 is 5.32 Å². The maximum absolute atomic E-state index is 6.32. The molecule has 2 aliphatic rings. The number of benzene rings is 1. The molecule has 1 saturated carbocycles. The van der Waals surface area contributed by atoms with Gasteiger partial charge < -0.3 is 10.1 Å². The molecule has 1 aromatic rings. The van der Waals surface area contributed by atoms with Gasteiger partial charge in [0, 0.05) is 6.61 Å². The highest BCUT2D eigenvalue weighted by molar-refractivity contribution is 5.36. The minimum atomic E-state index is 0.329. The van der Waals surface area contributed by atoms with Gasteiger partial charge in [-0.1, -0.05) is 57.4 Å². The van der Waals surface area contributed by atoms with Crippen molar-refractivity contribution in [2.45, 2.75) is 64.0 Å². The summed E-state index contributed by atoms with van der Waals surface area (Å²) in [5, 5.41) is 3.65. The van der Waals surface area contributed by atoms with Crippen molar-refractivity contribution in [2.75, 3.05) is 13.2 Å². The third-order valence-corrected chi connectivity index (χ3v) is 5.33. The molecule has 0 radical (unpaired) electrons. The fourth-order valence-electron chi connectivity index (χ4n) is 3.85. The highest BCUT2D eigenvalue weighted by Gasteiger charge is 2.33. The number of likely N-dealkylation sites (N-methyl/N-ethyl adjacent to an activating group) is 1. The second-order valence-corrected chi connectivity index (χ2v) is 6.80. The summed E-state index contributed by atoms with van der Waals surface area (Å²) < 4.78 is 6.32. The Labute approximate surface area is 129 Å². The van der Waals surface area contributed by atoms with Crippen molar-refractivity contribution in [3.63, 3.8) is 0 Å². The number of hydrogen-bond acceptors (Lipinski definition) is 2. The normalized spacial score (nSPS) is 29.0. The zero-order valence-corrected chi connectivity index (χ0v) is 13.5. The number of nitrogens with one attached hydrogen (secondary N) is 1. The molecule has 3 atom stereocenters. The Hall–Kier alpha value is -0.860. The summed E-state index contributed by atoms with van der Waals surface area (Å²) in [7, 11) is 0. The third kappa shape index (κ3) is 3.32. The Balaban J connectivity index is 1.67. The molecule has 1 N–H and O–H groups in total. The summed E-state index contributed by atoms with van der Waals surface area (Å²) in [4.78, 5) is 0. The molecule has 2 aliphatic carbocycles. The van der Waals surface area contributed by atoms with Gasteiger partial charge in [0.15, 0.2) is 0 Å². The molecule has 3 unspecified atom stereocenters. The molecule has 3 rings (SSSR count). The SMILES string of the molecule is CCNC1c2ccccc2C(C)CC1OCCC1CCC1. The summed E-state index contributed by atoms with van der Waals surface area (Å²) in [6, 6.07) is 9.25. The van der Waals surface area contributed by atoms with Crippen molar-refractivity contribution in [3.05, 3.63) is 35.4 Å². The van der Waals surface area contributed by atoms with Crippen molar-refractivity contribution in [1.29, 1.82) is 0 Å². The molecule has 0 bridgehead atoms. The van der Waals surface area contributed by atoms with Crippen molar-refractivity contribution >= 4 is 0 Å². The topological polar surface area (TPSA) is 21.3 Å². The summed E-state index contributed by atoms with van der Waals surface area (Å²) in [6.45, 7) is 6.46.